The van der Waals surface area contributed by atoms with Gasteiger partial charge in [-0.05, 0) is 0 Å². The van der Waals surface area contributed by atoms with E-state index in [0.717, 1.165) is 12.8 Å². The number of rotatable bonds is 3. The van der Waals surface area contributed by atoms with Crippen LogP contribution in [0.4, 0.5) is 0 Å². The van der Waals surface area contributed by atoms with Gasteiger partial charge in [0.05, 0.1) is 0 Å². The van der Waals surface area contributed by atoms with E-state index in [1.807, 2.05) is 12.2 Å². The largest absolute Gasteiger partial charge is 0.273 e. The Morgan fingerprint density at radius 1 is 1.28 bits per heavy atom. The zero-order valence-corrected chi connectivity index (χ0v) is 14.4. The molecule has 0 unspecified atom stereocenters. The molecule has 2 aliphatic carbocycles. The second-order valence-electron chi connectivity index (χ2n) is 4.42. The van der Waals surface area contributed by atoms with E-state index < -0.39 is 0 Å². The second-order valence-corrected chi connectivity index (χ2v) is 6.87. The Morgan fingerprint density at radius 2 is 2.00 bits per heavy atom. The number of hydrogen-bond donors (Lipinski definition) is 0. The van der Waals surface area contributed by atoms with Crippen molar-refractivity contribution in [3.8, 4) is 0 Å². The van der Waals surface area contributed by atoms with E-state index in [9.17, 15) is 0 Å². The van der Waals surface area contributed by atoms with Gasteiger partial charge in [-0.1, -0.05) is 26.2 Å². The first-order chi connectivity index (χ1) is 8.66. The fourth-order valence-electron chi connectivity index (χ4n) is 1.33. The molecule has 96 valence electrons. The van der Waals surface area contributed by atoms with Gasteiger partial charge >= 0.3 is 41.3 Å². The quantitative estimate of drug-likeness (QED) is 0.648. The summed E-state index contributed by atoms with van der Waals surface area (Å²) >= 11 is 1.55. The van der Waals surface area contributed by atoms with Crippen LogP contribution in [0.15, 0.2) is 36.0 Å². The monoisotopic (exact) mass is 318 g/mol. The summed E-state index contributed by atoms with van der Waals surface area (Å²) in [6.45, 7) is 6.47. The topological polar surface area (TPSA) is 0 Å². The van der Waals surface area contributed by atoms with Crippen LogP contribution in [0.2, 0.25) is 0 Å². The van der Waals surface area contributed by atoms with Gasteiger partial charge in [0.15, 0.2) is 0 Å². The van der Waals surface area contributed by atoms with Gasteiger partial charge in [0.25, 0.3) is 0 Å². The molecular weight excluding hydrogens is 295 g/mol. The third-order valence-corrected chi connectivity index (χ3v) is 2.15. The normalized spacial score (nSPS) is 14.6. The Bertz CT molecular complexity index is 316. The van der Waals surface area contributed by atoms with E-state index in [1.165, 1.54) is 28.0 Å². The second kappa shape index (κ2) is 13.2. The van der Waals surface area contributed by atoms with E-state index in [2.05, 4.69) is 51.2 Å². The van der Waals surface area contributed by atoms with Crippen LogP contribution >= 0.6 is 0 Å². The molecule has 1 heteroatoms. The number of hydrogen-bond acceptors (Lipinski definition) is 0. The predicted octanol–water partition coefficient (Wildman–Crippen LogP) is 4.92. The predicted molar refractivity (Wildman–Crippen MR) is 78.0 cm³/mol. The van der Waals surface area contributed by atoms with Crippen LogP contribution in [0.5, 0.6) is 0 Å². The molecular formula is C17H24Zr. The Kier molecular flexibility index (Phi) is 12.9. The molecule has 0 N–H and O–H groups in total. The fourth-order valence-corrected chi connectivity index (χ4v) is 1.33. The molecule has 2 aliphatic rings. The molecule has 2 rings (SSSR count). The van der Waals surface area contributed by atoms with Crippen molar-refractivity contribution in [3.63, 3.8) is 0 Å². The molecule has 0 fully saturated rings. The SMILES string of the molecule is CCCCC1=[C-]CC=C1.C[C](C)=[Zr+2].[C-]1=CC=CC1. The van der Waals surface area contributed by atoms with Gasteiger partial charge in [-0.2, -0.15) is 12.2 Å². The summed E-state index contributed by atoms with van der Waals surface area (Å²) in [5.74, 6) is 0. The maximum absolute atomic E-state index is 3.30. The van der Waals surface area contributed by atoms with Crippen LogP contribution in [0.3, 0.4) is 0 Å². The van der Waals surface area contributed by atoms with E-state index in [1.54, 1.807) is 24.2 Å². The molecule has 0 aliphatic heterocycles. The summed E-state index contributed by atoms with van der Waals surface area (Å²) in [5, 5.41) is 0. The number of unbranched alkanes of at least 4 members (excludes halogenated alkanes) is 1. The van der Waals surface area contributed by atoms with Crippen LogP contribution in [-0.4, -0.2) is 3.21 Å². The summed E-state index contributed by atoms with van der Waals surface area (Å²) in [7, 11) is 0. The number of allylic oxidation sites excluding steroid dienone is 8. The van der Waals surface area contributed by atoms with Crippen molar-refractivity contribution in [2.75, 3.05) is 0 Å². The molecule has 0 radical (unpaired) electrons. The zero-order valence-electron chi connectivity index (χ0n) is 11.9. The van der Waals surface area contributed by atoms with Crippen molar-refractivity contribution >= 4 is 3.21 Å². The van der Waals surface area contributed by atoms with Gasteiger partial charge in [-0.15, -0.1) is 12.8 Å². The van der Waals surface area contributed by atoms with Crippen molar-refractivity contribution in [1.29, 1.82) is 0 Å². The van der Waals surface area contributed by atoms with Crippen LogP contribution in [0.25, 0.3) is 0 Å². The molecule has 0 aromatic rings. The van der Waals surface area contributed by atoms with Crippen molar-refractivity contribution < 1.29 is 24.2 Å². The van der Waals surface area contributed by atoms with E-state index in [0.29, 0.717) is 0 Å². The van der Waals surface area contributed by atoms with Crippen LogP contribution < -0.4 is 0 Å². The van der Waals surface area contributed by atoms with Crippen molar-refractivity contribution in [2.24, 2.45) is 0 Å². The third kappa shape index (κ3) is 13.8. The van der Waals surface area contributed by atoms with Crippen LogP contribution in [0.1, 0.15) is 52.9 Å². The summed E-state index contributed by atoms with van der Waals surface area (Å²) in [6, 6.07) is 0. The molecule has 0 saturated heterocycles. The Balaban J connectivity index is 0.000000272. The van der Waals surface area contributed by atoms with E-state index in [-0.39, 0.29) is 0 Å². The van der Waals surface area contributed by atoms with Crippen molar-refractivity contribution in [3.05, 3.63) is 48.1 Å². The summed E-state index contributed by atoms with van der Waals surface area (Å²) in [5.41, 5.74) is 1.41. The summed E-state index contributed by atoms with van der Waals surface area (Å²) in [6.07, 6.45) is 22.5. The van der Waals surface area contributed by atoms with Gasteiger partial charge in [0, 0.05) is 0 Å². The molecule has 18 heavy (non-hydrogen) atoms. The van der Waals surface area contributed by atoms with Gasteiger partial charge in [-0.3, -0.25) is 12.2 Å². The minimum atomic E-state index is 1.01. The first-order valence-corrected chi connectivity index (χ1v) is 7.89. The Hall–Kier alpha value is -0.287. The molecule has 0 saturated carbocycles. The van der Waals surface area contributed by atoms with E-state index >= 15 is 0 Å². The van der Waals surface area contributed by atoms with Gasteiger partial charge in [-0.25, -0.2) is 23.8 Å². The van der Waals surface area contributed by atoms with Gasteiger partial charge in [0.1, 0.15) is 0 Å². The van der Waals surface area contributed by atoms with Crippen LogP contribution in [0, 0.1) is 12.2 Å². The molecule has 0 bridgehead atoms. The fraction of sp³-hybridized carbons (Fsp3) is 0.471. The first-order valence-electron chi connectivity index (χ1n) is 6.66. The summed E-state index contributed by atoms with van der Waals surface area (Å²) in [4.78, 5) is 0. The molecule has 0 nitrogen and oxygen atoms in total. The maximum Gasteiger partial charge on any atom is -0.109 e. The van der Waals surface area contributed by atoms with Crippen molar-refractivity contribution in [2.45, 2.75) is 52.9 Å². The third-order valence-electron chi connectivity index (χ3n) is 2.15. The Labute approximate surface area is 128 Å². The molecule has 0 amide bonds. The maximum atomic E-state index is 3.30. The minimum absolute atomic E-state index is 1.01. The molecule has 0 aromatic heterocycles. The van der Waals surface area contributed by atoms with Crippen molar-refractivity contribution in [1.82, 2.24) is 0 Å². The standard InChI is InChI=1S/C9H13.C5H5.C3H6.Zr/c1-2-3-6-9-7-4-5-8-9;1-2-4-5-3-1;1-3-2;/h4,7H,2-3,5-6H2,1H3;1-3H,4H2;1-2H3;/q2*-1;;+2. The average Bonchev–Trinajstić information content (AvgIpc) is 3.01. The van der Waals surface area contributed by atoms with E-state index in [4.69, 9.17) is 0 Å². The van der Waals surface area contributed by atoms with Gasteiger partial charge < -0.3 is 0 Å². The Morgan fingerprint density at radius 3 is 2.33 bits per heavy atom. The minimum Gasteiger partial charge on any atom is -0.273 e. The molecule has 0 atom stereocenters. The zero-order chi connectivity index (χ0) is 13.6. The first kappa shape index (κ1) is 17.7. The van der Waals surface area contributed by atoms with Crippen LogP contribution in [-0.2, 0) is 24.2 Å². The molecule has 0 spiro atoms. The summed E-state index contributed by atoms with van der Waals surface area (Å²) < 4.78 is 1.51. The molecule has 0 heterocycles. The average molecular weight is 320 g/mol. The van der Waals surface area contributed by atoms with Gasteiger partial charge in [0.2, 0.25) is 0 Å². The smallest absolute Gasteiger partial charge is 0.109 e. The molecule has 0 aromatic carbocycles.